The van der Waals surface area contributed by atoms with Crippen molar-refractivity contribution in [2.24, 2.45) is 0 Å². The molecular formula is C19H25N3O4. The number of piperidine rings is 1. The zero-order chi connectivity index (χ0) is 18.1. The van der Waals surface area contributed by atoms with Gasteiger partial charge in [0.2, 0.25) is 5.91 Å². The number of nitrogens with zero attached hydrogens (tertiary/aromatic N) is 3. The van der Waals surface area contributed by atoms with Gasteiger partial charge in [0.1, 0.15) is 6.54 Å². The molecule has 140 valence electrons. The van der Waals surface area contributed by atoms with Crippen LogP contribution in [-0.2, 0) is 27.4 Å². The summed E-state index contributed by atoms with van der Waals surface area (Å²) in [5, 5.41) is 0. The van der Waals surface area contributed by atoms with Crippen molar-refractivity contribution in [1.82, 2.24) is 14.0 Å². The Morgan fingerprint density at radius 3 is 2.50 bits per heavy atom. The third-order valence-corrected chi connectivity index (χ3v) is 5.37. The van der Waals surface area contributed by atoms with E-state index in [-0.39, 0.29) is 30.5 Å². The zero-order valence-corrected chi connectivity index (χ0v) is 15.1. The van der Waals surface area contributed by atoms with E-state index in [1.165, 1.54) is 0 Å². The monoisotopic (exact) mass is 359 g/mol. The first-order valence-corrected chi connectivity index (χ1v) is 9.41. The summed E-state index contributed by atoms with van der Waals surface area (Å²) in [5.74, 6) is -0.0464. The van der Waals surface area contributed by atoms with Gasteiger partial charge in [-0.3, -0.25) is 13.9 Å². The van der Waals surface area contributed by atoms with Crippen LogP contribution in [0.2, 0.25) is 0 Å². The predicted molar refractivity (Wildman–Crippen MR) is 96.9 cm³/mol. The highest BCUT2D eigenvalue weighted by Crippen LogP contribution is 2.25. The molecule has 7 heteroatoms. The normalized spacial score (nSPS) is 21.6. The number of hydrogen-bond donors (Lipinski definition) is 0. The third kappa shape index (κ3) is 2.95. The molecule has 7 nitrogen and oxygen atoms in total. The van der Waals surface area contributed by atoms with Crippen LogP contribution in [0.15, 0.2) is 29.1 Å². The SMILES string of the molecule is CCn1c(=O)n(CC(=O)N2CCCCC2C2OCCO2)c2ccccc21. The second-order valence-electron chi connectivity index (χ2n) is 6.86. The van der Waals surface area contributed by atoms with Crippen molar-refractivity contribution in [2.45, 2.75) is 51.6 Å². The highest BCUT2D eigenvalue weighted by molar-refractivity contribution is 5.81. The van der Waals surface area contributed by atoms with Crippen LogP contribution >= 0.6 is 0 Å². The molecule has 1 amide bonds. The first kappa shape index (κ1) is 17.3. The predicted octanol–water partition coefficient (Wildman–Crippen LogP) is 1.58. The number of carbonyl (C=O) groups is 1. The smallest absolute Gasteiger partial charge is 0.329 e. The fourth-order valence-electron chi connectivity index (χ4n) is 4.11. The zero-order valence-electron chi connectivity index (χ0n) is 15.1. The van der Waals surface area contributed by atoms with Crippen LogP contribution in [0.3, 0.4) is 0 Å². The number of benzene rings is 1. The van der Waals surface area contributed by atoms with E-state index >= 15 is 0 Å². The lowest BCUT2D eigenvalue weighted by Crippen LogP contribution is -2.51. The van der Waals surface area contributed by atoms with E-state index in [0.29, 0.717) is 26.3 Å². The molecule has 0 radical (unpaired) electrons. The Balaban J connectivity index is 1.62. The van der Waals surface area contributed by atoms with Gasteiger partial charge in [0, 0.05) is 13.1 Å². The molecule has 1 aromatic carbocycles. The van der Waals surface area contributed by atoms with Crippen molar-refractivity contribution < 1.29 is 14.3 Å². The molecule has 3 heterocycles. The lowest BCUT2D eigenvalue weighted by molar-refractivity contribution is -0.151. The molecule has 2 aliphatic heterocycles. The highest BCUT2D eigenvalue weighted by atomic mass is 16.7. The molecule has 1 aromatic heterocycles. The Kier molecular flexibility index (Phi) is 4.82. The molecule has 26 heavy (non-hydrogen) atoms. The summed E-state index contributed by atoms with van der Waals surface area (Å²) in [6.45, 7) is 4.41. The van der Waals surface area contributed by atoms with E-state index in [9.17, 15) is 9.59 Å². The molecule has 0 spiro atoms. The van der Waals surface area contributed by atoms with E-state index in [1.54, 1.807) is 9.13 Å². The molecule has 4 rings (SSSR count). The molecule has 0 saturated carbocycles. The molecular weight excluding hydrogens is 334 g/mol. The lowest BCUT2D eigenvalue weighted by Gasteiger charge is -2.38. The van der Waals surface area contributed by atoms with Gasteiger partial charge in [-0.05, 0) is 38.3 Å². The summed E-state index contributed by atoms with van der Waals surface area (Å²) < 4.78 is 14.6. The standard InChI is InChI=1S/C19H25N3O4/c1-2-20-14-7-3-4-8-15(14)22(19(20)24)13-17(23)21-10-6-5-9-16(21)18-25-11-12-26-18/h3-4,7-8,16,18H,2,5-6,9-13H2,1H3. The van der Waals surface area contributed by atoms with Crippen molar-refractivity contribution in [3.05, 3.63) is 34.7 Å². The van der Waals surface area contributed by atoms with E-state index in [0.717, 1.165) is 30.3 Å². The van der Waals surface area contributed by atoms with Crippen molar-refractivity contribution in [3.8, 4) is 0 Å². The fraction of sp³-hybridized carbons (Fsp3) is 0.579. The van der Waals surface area contributed by atoms with Crippen LogP contribution in [0, 0.1) is 0 Å². The maximum Gasteiger partial charge on any atom is 0.329 e. The van der Waals surface area contributed by atoms with Crippen molar-refractivity contribution in [3.63, 3.8) is 0 Å². The number of fused-ring (bicyclic) bond motifs is 1. The summed E-state index contributed by atoms with van der Waals surface area (Å²) >= 11 is 0. The number of para-hydroxylation sites is 2. The quantitative estimate of drug-likeness (QED) is 0.831. The highest BCUT2D eigenvalue weighted by Gasteiger charge is 2.36. The Labute approximate surface area is 152 Å². The topological polar surface area (TPSA) is 65.7 Å². The first-order chi connectivity index (χ1) is 12.7. The maximum atomic E-state index is 13.1. The van der Waals surface area contributed by atoms with E-state index < -0.39 is 0 Å². The van der Waals surface area contributed by atoms with E-state index in [4.69, 9.17) is 9.47 Å². The Bertz CT molecular complexity index is 850. The Morgan fingerprint density at radius 1 is 1.12 bits per heavy atom. The molecule has 0 bridgehead atoms. The Hall–Kier alpha value is -2.12. The van der Waals surface area contributed by atoms with Crippen LogP contribution in [0.1, 0.15) is 26.2 Å². The van der Waals surface area contributed by atoms with Crippen LogP contribution in [0.25, 0.3) is 11.0 Å². The molecule has 2 saturated heterocycles. The third-order valence-electron chi connectivity index (χ3n) is 5.37. The summed E-state index contributed by atoms with van der Waals surface area (Å²) in [5.41, 5.74) is 1.53. The van der Waals surface area contributed by atoms with E-state index in [1.807, 2.05) is 36.1 Å². The van der Waals surface area contributed by atoms with Gasteiger partial charge in [-0.1, -0.05) is 12.1 Å². The second-order valence-corrected chi connectivity index (χ2v) is 6.86. The van der Waals surface area contributed by atoms with Crippen molar-refractivity contribution in [1.29, 1.82) is 0 Å². The van der Waals surface area contributed by atoms with Gasteiger partial charge in [-0.2, -0.15) is 0 Å². The number of aryl methyl sites for hydroxylation is 1. The van der Waals surface area contributed by atoms with Gasteiger partial charge >= 0.3 is 5.69 Å². The number of imidazole rings is 1. The minimum absolute atomic E-state index is 0.0464. The summed E-state index contributed by atoms with van der Waals surface area (Å²) in [6, 6.07) is 7.56. The van der Waals surface area contributed by atoms with Crippen molar-refractivity contribution >= 4 is 16.9 Å². The number of ether oxygens (including phenoxy) is 2. The van der Waals surface area contributed by atoms with E-state index in [2.05, 4.69) is 0 Å². The minimum Gasteiger partial charge on any atom is -0.348 e. The number of likely N-dealkylation sites (tertiary alicyclic amines) is 1. The summed E-state index contributed by atoms with van der Waals surface area (Å²) in [7, 11) is 0. The van der Waals surface area contributed by atoms with Crippen molar-refractivity contribution in [2.75, 3.05) is 19.8 Å². The fourth-order valence-corrected chi connectivity index (χ4v) is 4.11. The lowest BCUT2D eigenvalue weighted by atomic mass is 10.0. The van der Waals surface area contributed by atoms with Crippen LogP contribution in [-0.4, -0.2) is 52.0 Å². The summed E-state index contributed by atoms with van der Waals surface area (Å²) in [6.07, 6.45) is 2.57. The van der Waals surface area contributed by atoms with Crippen LogP contribution in [0.4, 0.5) is 0 Å². The molecule has 0 aliphatic carbocycles. The number of carbonyl (C=O) groups excluding carboxylic acids is 1. The van der Waals surface area contributed by atoms with Gasteiger partial charge in [0.25, 0.3) is 0 Å². The average Bonchev–Trinajstić information content (AvgIpc) is 3.29. The first-order valence-electron chi connectivity index (χ1n) is 9.41. The second kappa shape index (κ2) is 7.25. The van der Waals surface area contributed by atoms with Gasteiger partial charge in [0.05, 0.1) is 30.3 Å². The van der Waals surface area contributed by atoms with Crippen LogP contribution < -0.4 is 5.69 Å². The largest absolute Gasteiger partial charge is 0.348 e. The average molecular weight is 359 g/mol. The number of rotatable bonds is 4. The number of hydrogen-bond acceptors (Lipinski definition) is 4. The van der Waals surface area contributed by atoms with Gasteiger partial charge < -0.3 is 14.4 Å². The van der Waals surface area contributed by atoms with Gasteiger partial charge in [-0.25, -0.2) is 4.79 Å². The molecule has 0 N–H and O–H groups in total. The van der Waals surface area contributed by atoms with Gasteiger partial charge in [-0.15, -0.1) is 0 Å². The molecule has 2 aliphatic rings. The molecule has 1 atom stereocenters. The Morgan fingerprint density at radius 2 is 1.81 bits per heavy atom. The van der Waals surface area contributed by atoms with Gasteiger partial charge in [0.15, 0.2) is 6.29 Å². The minimum atomic E-state index is -0.340. The molecule has 2 fully saturated rings. The molecule has 1 unspecified atom stereocenters. The number of aromatic nitrogens is 2. The van der Waals surface area contributed by atoms with Crippen LogP contribution in [0.5, 0.6) is 0 Å². The molecule has 2 aromatic rings. The number of amides is 1. The summed E-state index contributed by atoms with van der Waals surface area (Å²) in [4.78, 5) is 27.7. The maximum absolute atomic E-state index is 13.1.